The van der Waals surface area contributed by atoms with Gasteiger partial charge in [-0.25, -0.2) is 0 Å². The number of nitrogens with two attached hydrogens (primary N) is 1. The molecule has 1 aliphatic carbocycles. The third-order valence-electron chi connectivity index (χ3n) is 4.71. The molecule has 5 heteroatoms. The third-order valence-corrected chi connectivity index (χ3v) is 4.71. The molecule has 0 spiro atoms. The highest BCUT2D eigenvalue weighted by Crippen LogP contribution is 2.42. The van der Waals surface area contributed by atoms with Crippen LogP contribution in [0, 0.1) is 0 Å². The molecule has 3 N–H and O–H groups in total. The quantitative estimate of drug-likeness (QED) is 0.849. The number of rotatable bonds is 6. The summed E-state index contributed by atoms with van der Waals surface area (Å²) in [6.07, 6.45) is 3.84. The molecule has 2 aromatic carbocycles. The van der Waals surface area contributed by atoms with Gasteiger partial charge in [-0.05, 0) is 42.7 Å². The molecule has 5 nitrogen and oxygen atoms in total. The second-order valence-corrected chi connectivity index (χ2v) is 6.39. The summed E-state index contributed by atoms with van der Waals surface area (Å²) in [7, 11) is 0. The van der Waals surface area contributed by atoms with Gasteiger partial charge in [-0.1, -0.05) is 43.2 Å². The Bertz CT molecular complexity index is 735. The van der Waals surface area contributed by atoms with Gasteiger partial charge >= 0.3 is 0 Å². The molecule has 0 aliphatic heterocycles. The van der Waals surface area contributed by atoms with E-state index >= 15 is 0 Å². The molecular formula is C20H22N2O3. The van der Waals surface area contributed by atoms with E-state index in [4.69, 9.17) is 10.5 Å². The number of ether oxygens (including phenoxy) is 1. The lowest BCUT2D eigenvalue weighted by molar-refractivity contribution is -0.121. The zero-order chi connectivity index (χ0) is 17.7. The van der Waals surface area contributed by atoms with Crippen molar-refractivity contribution in [2.75, 3.05) is 11.9 Å². The number of hydrogen-bond donors (Lipinski definition) is 2. The van der Waals surface area contributed by atoms with Crippen LogP contribution in [0.3, 0.4) is 0 Å². The summed E-state index contributed by atoms with van der Waals surface area (Å²) < 4.78 is 5.23. The molecule has 25 heavy (non-hydrogen) atoms. The second-order valence-electron chi connectivity index (χ2n) is 6.39. The van der Waals surface area contributed by atoms with E-state index in [1.165, 1.54) is 0 Å². The van der Waals surface area contributed by atoms with Gasteiger partial charge in [-0.3, -0.25) is 9.59 Å². The SMILES string of the molecule is NC(=O)COc1ccc(NC(=O)C2(c3ccccc3)CCCC2)cc1. The largest absolute Gasteiger partial charge is 0.484 e. The Kier molecular flexibility index (Phi) is 5.03. The highest BCUT2D eigenvalue weighted by Gasteiger charge is 2.42. The Morgan fingerprint density at radius 2 is 1.64 bits per heavy atom. The average Bonchev–Trinajstić information content (AvgIpc) is 3.13. The van der Waals surface area contributed by atoms with Crippen molar-refractivity contribution >= 4 is 17.5 Å². The van der Waals surface area contributed by atoms with E-state index in [1.807, 2.05) is 30.3 Å². The monoisotopic (exact) mass is 338 g/mol. The molecule has 0 saturated heterocycles. The molecule has 0 bridgehead atoms. The highest BCUT2D eigenvalue weighted by atomic mass is 16.5. The Labute approximate surface area is 147 Å². The van der Waals surface area contributed by atoms with Gasteiger partial charge in [0, 0.05) is 5.69 Å². The molecule has 1 fully saturated rings. The molecule has 2 aromatic rings. The maximum absolute atomic E-state index is 13.0. The first-order chi connectivity index (χ1) is 12.1. The van der Waals surface area contributed by atoms with Crippen LogP contribution in [-0.4, -0.2) is 18.4 Å². The minimum absolute atomic E-state index is 0.0296. The van der Waals surface area contributed by atoms with Crippen molar-refractivity contribution in [3.8, 4) is 5.75 Å². The first-order valence-electron chi connectivity index (χ1n) is 8.48. The summed E-state index contributed by atoms with van der Waals surface area (Å²) in [5, 5.41) is 3.03. The number of primary amides is 1. The lowest BCUT2D eigenvalue weighted by Crippen LogP contribution is -2.37. The van der Waals surface area contributed by atoms with Crippen LogP contribution in [0.25, 0.3) is 0 Å². The van der Waals surface area contributed by atoms with Crippen LogP contribution in [0.5, 0.6) is 5.75 Å². The van der Waals surface area contributed by atoms with Crippen molar-refractivity contribution in [3.63, 3.8) is 0 Å². The van der Waals surface area contributed by atoms with E-state index in [0.717, 1.165) is 31.2 Å². The molecule has 0 atom stereocenters. The zero-order valence-corrected chi connectivity index (χ0v) is 14.0. The molecule has 1 aliphatic rings. The summed E-state index contributed by atoms with van der Waals surface area (Å²) in [5.74, 6) is 0.0425. The maximum atomic E-state index is 13.0. The first-order valence-corrected chi connectivity index (χ1v) is 8.48. The number of anilines is 1. The molecule has 0 unspecified atom stereocenters. The third kappa shape index (κ3) is 3.82. The van der Waals surface area contributed by atoms with Gasteiger partial charge in [-0.15, -0.1) is 0 Å². The van der Waals surface area contributed by atoms with Crippen LogP contribution >= 0.6 is 0 Å². The fraction of sp³-hybridized carbons (Fsp3) is 0.300. The summed E-state index contributed by atoms with van der Waals surface area (Å²) >= 11 is 0. The summed E-state index contributed by atoms with van der Waals surface area (Å²) in [5.41, 5.74) is 6.38. The van der Waals surface area contributed by atoms with E-state index in [-0.39, 0.29) is 12.5 Å². The fourth-order valence-corrected chi connectivity index (χ4v) is 3.42. The van der Waals surface area contributed by atoms with Crippen LogP contribution in [0.2, 0.25) is 0 Å². The Hall–Kier alpha value is -2.82. The standard InChI is InChI=1S/C20H22N2O3/c21-18(23)14-25-17-10-8-16(9-11-17)22-19(24)20(12-4-5-13-20)15-6-2-1-3-7-15/h1-3,6-11H,4-5,12-14H2,(H2,21,23)(H,22,24). The van der Waals surface area contributed by atoms with Crippen LogP contribution in [0.15, 0.2) is 54.6 Å². The predicted octanol–water partition coefficient (Wildman–Crippen LogP) is 3.00. The Morgan fingerprint density at radius 1 is 1.00 bits per heavy atom. The van der Waals surface area contributed by atoms with Gasteiger partial charge in [-0.2, -0.15) is 0 Å². The maximum Gasteiger partial charge on any atom is 0.255 e. The minimum Gasteiger partial charge on any atom is -0.484 e. The number of hydrogen-bond acceptors (Lipinski definition) is 3. The van der Waals surface area contributed by atoms with Crippen LogP contribution < -0.4 is 15.8 Å². The number of benzene rings is 2. The second kappa shape index (κ2) is 7.38. The van der Waals surface area contributed by atoms with Gasteiger partial charge in [0.25, 0.3) is 5.91 Å². The van der Waals surface area contributed by atoms with Crippen molar-refractivity contribution in [3.05, 3.63) is 60.2 Å². The van der Waals surface area contributed by atoms with E-state index < -0.39 is 11.3 Å². The van der Waals surface area contributed by atoms with Crippen LogP contribution in [0.4, 0.5) is 5.69 Å². The van der Waals surface area contributed by atoms with E-state index in [2.05, 4.69) is 5.32 Å². The predicted molar refractivity (Wildman–Crippen MR) is 96.3 cm³/mol. The molecule has 2 amide bonds. The van der Waals surface area contributed by atoms with E-state index in [9.17, 15) is 9.59 Å². The lowest BCUT2D eigenvalue weighted by atomic mass is 9.78. The summed E-state index contributed by atoms with van der Waals surface area (Å²) in [4.78, 5) is 23.8. The van der Waals surface area contributed by atoms with Crippen molar-refractivity contribution in [2.24, 2.45) is 5.73 Å². The Morgan fingerprint density at radius 3 is 2.24 bits per heavy atom. The van der Waals surface area contributed by atoms with Crippen LogP contribution in [0.1, 0.15) is 31.2 Å². The molecular weight excluding hydrogens is 316 g/mol. The zero-order valence-electron chi connectivity index (χ0n) is 14.0. The van der Waals surface area contributed by atoms with E-state index in [1.54, 1.807) is 24.3 Å². The minimum atomic E-state index is -0.525. The highest BCUT2D eigenvalue weighted by molar-refractivity contribution is 5.99. The van der Waals surface area contributed by atoms with Gasteiger partial charge in [0.2, 0.25) is 5.91 Å². The average molecular weight is 338 g/mol. The van der Waals surface area contributed by atoms with E-state index in [0.29, 0.717) is 11.4 Å². The molecule has 3 rings (SSSR count). The van der Waals surface area contributed by atoms with Gasteiger partial charge in [0.05, 0.1) is 5.41 Å². The van der Waals surface area contributed by atoms with Gasteiger partial charge in [0.15, 0.2) is 6.61 Å². The summed E-state index contributed by atoms with van der Waals surface area (Å²) in [6, 6.07) is 16.9. The van der Waals surface area contributed by atoms with Gasteiger partial charge < -0.3 is 15.8 Å². The molecule has 1 saturated carbocycles. The molecule has 0 radical (unpaired) electrons. The van der Waals surface area contributed by atoms with Gasteiger partial charge in [0.1, 0.15) is 5.75 Å². The fourth-order valence-electron chi connectivity index (χ4n) is 3.42. The van der Waals surface area contributed by atoms with Crippen molar-refractivity contribution in [2.45, 2.75) is 31.1 Å². The molecule has 130 valence electrons. The normalized spacial score (nSPS) is 15.5. The summed E-state index contributed by atoms with van der Waals surface area (Å²) in [6.45, 7) is -0.164. The van der Waals surface area contributed by atoms with Crippen molar-refractivity contribution in [1.82, 2.24) is 0 Å². The van der Waals surface area contributed by atoms with Crippen LogP contribution in [-0.2, 0) is 15.0 Å². The smallest absolute Gasteiger partial charge is 0.255 e. The number of carbonyl (C=O) groups excluding carboxylic acids is 2. The first kappa shape index (κ1) is 17.0. The number of nitrogens with one attached hydrogen (secondary N) is 1. The Balaban J connectivity index is 1.73. The molecule has 0 aromatic heterocycles. The number of amides is 2. The lowest BCUT2D eigenvalue weighted by Gasteiger charge is -2.28. The van der Waals surface area contributed by atoms with Crippen molar-refractivity contribution in [1.29, 1.82) is 0 Å². The topological polar surface area (TPSA) is 81.4 Å². The number of carbonyl (C=O) groups is 2. The molecule has 0 heterocycles. The van der Waals surface area contributed by atoms with Crippen molar-refractivity contribution < 1.29 is 14.3 Å².